The average molecular weight is 438 g/mol. The maximum atomic E-state index is 12.0. The van der Waals surface area contributed by atoms with Crippen LogP contribution in [0.2, 0.25) is 58.9 Å². The molecule has 0 saturated carbocycles. The van der Waals surface area contributed by atoms with Gasteiger partial charge in [-0.3, -0.25) is 4.90 Å². The van der Waals surface area contributed by atoms with Crippen molar-refractivity contribution >= 4 is 39.8 Å². The lowest BCUT2D eigenvalue weighted by Gasteiger charge is -2.48. The third kappa shape index (κ3) is 8.63. The first-order chi connectivity index (χ1) is 11.3. The van der Waals surface area contributed by atoms with E-state index in [1.807, 2.05) is 6.92 Å². The molecule has 0 rings (SSSR count). The molecule has 6 nitrogen and oxygen atoms in total. The molecular weight excluding hydrogens is 399 g/mol. The molecule has 0 aromatic heterocycles. The predicted octanol–water partition coefficient (Wildman–Crippen LogP) is 5.31. The van der Waals surface area contributed by atoms with Gasteiger partial charge in [0.1, 0.15) is 5.67 Å². The number of nitrogens with zero attached hydrogens (tertiary/aromatic N) is 1. The van der Waals surface area contributed by atoms with Crippen molar-refractivity contribution in [3.8, 4) is 0 Å². The summed E-state index contributed by atoms with van der Waals surface area (Å²) in [5.41, 5.74) is -0.0403. The lowest BCUT2D eigenvalue weighted by molar-refractivity contribution is 0.129. The van der Waals surface area contributed by atoms with Crippen molar-refractivity contribution in [1.82, 2.24) is 4.90 Å². The van der Waals surface area contributed by atoms with E-state index in [9.17, 15) is 9.90 Å². The van der Waals surface area contributed by atoms with E-state index in [1.54, 1.807) is 6.92 Å². The van der Waals surface area contributed by atoms with E-state index in [2.05, 4.69) is 65.5 Å². The fourth-order valence-corrected chi connectivity index (χ4v) is 17.3. The summed E-state index contributed by atoms with van der Waals surface area (Å²) in [6.45, 7) is 26.4. The molecule has 0 aliphatic heterocycles. The lowest BCUT2D eigenvalue weighted by Crippen LogP contribution is -2.70. The quantitative estimate of drug-likeness (QED) is 0.469. The highest BCUT2D eigenvalue weighted by molar-refractivity contribution is 6.90. The molecule has 0 aliphatic rings. The number of hydrogen-bond acceptors (Lipinski definition) is 4. The van der Waals surface area contributed by atoms with Crippen LogP contribution in [0.5, 0.6) is 0 Å². The molecule has 0 spiro atoms. The second-order valence-corrected chi connectivity index (χ2v) is 26.6. The van der Waals surface area contributed by atoms with Crippen LogP contribution in [0.4, 0.5) is 4.79 Å². The van der Waals surface area contributed by atoms with E-state index in [4.69, 9.17) is 12.3 Å². The monoisotopic (exact) mass is 437 g/mol. The Bertz CT molecular complexity index is 453. The summed E-state index contributed by atoms with van der Waals surface area (Å²) in [6, 6.07) is 0. The van der Waals surface area contributed by atoms with Crippen LogP contribution in [0.15, 0.2) is 12.3 Å². The SMILES string of the molecule is C=C(C)N(C(=O)O)C(CC)[Si](O[Si](C)(C)C)(O[Si](C)(C)C)O[Si](C)(C)C. The standard InChI is InChI=1S/C16H39NO5Si4/c1-13-15(17(14(2)3)16(18)19)26(20-23(4,5)6,21-24(7,8)9)22-25(10,11)12/h15H,2,13H2,1,3-12H3,(H,18,19). The zero-order valence-electron chi connectivity index (χ0n) is 18.5. The molecule has 26 heavy (non-hydrogen) atoms. The highest BCUT2D eigenvalue weighted by atomic mass is 28.5. The molecule has 0 aliphatic carbocycles. The number of carboxylic acid groups (broad SMARTS) is 1. The largest absolute Gasteiger partial charge is 0.493 e. The van der Waals surface area contributed by atoms with Gasteiger partial charge >= 0.3 is 14.9 Å². The van der Waals surface area contributed by atoms with Gasteiger partial charge in [0.05, 0.1) is 0 Å². The summed E-state index contributed by atoms with van der Waals surface area (Å²) in [7, 11) is -9.59. The van der Waals surface area contributed by atoms with Gasteiger partial charge in [0.15, 0.2) is 25.0 Å². The normalized spacial score (nSPS) is 14.9. The smallest absolute Gasteiger partial charge is 0.465 e. The molecule has 0 saturated heterocycles. The van der Waals surface area contributed by atoms with Crippen LogP contribution in [-0.4, -0.2) is 55.5 Å². The zero-order chi connectivity index (χ0) is 21.1. The van der Waals surface area contributed by atoms with Crippen molar-refractivity contribution in [3.63, 3.8) is 0 Å². The summed E-state index contributed by atoms with van der Waals surface area (Å²) in [6.07, 6.45) is -0.496. The van der Waals surface area contributed by atoms with E-state index in [0.29, 0.717) is 12.1 Å². The summed E-state index contributed by atoms with van der Waals surface area (Å²) < 4.78 is 20.0. The highest BCUT2D eigenvalue weighted by Gasteiger charge is 2.58. The molecule has 1 amide bonds. The summed E-state index contributed by atoms with van der Waals surface area (Å²) in [5, 5.41) is 9.86. The van der Waals surface area contributed by atoms with Gasteiger partial charge < -0.3 is 17.5 Å². The van der Waals surface area contributed by atoms with Crippen LogP contribution in [-0.2, 0) is 12.3 Å². The van der Waals surface area contributed by atoms with Gasteiger partial charge in [0.25, 0.3) is 0 Å². The van der Waals surface area contributed by atoms with Crippen molar-refractivity contribution < 1.29 is 22.2 Å². The Kier molecular flexibility index (Phi) is 8.76. The molecule has 0 bridgehead atoms. The number of hydrogen-bond donors (Lipinski definition) is 1. The van der Waals surface area contributed by atoms with Gasteiger partial charge in [-0.25, -0.2) is 4.79 Å². The minimum atomic E-state index is -3.35. The first-order valence-electron chi connectivity index (χ1n) is 9.12. The molecule has 0 radical (unpaired) electrons. The summed E-state index contributed by atoms with van der Waals surface area (Å²) in [5.74, 6) is 0. The van der Waals surface area contributed by atoms with Gasteiger partial charge in [-0.15, -0.1) is 0 Å². The first-order valence-corrected chi connectivity index (χ1v) is 21.1. The van der Waals surface area contributed by atoms with Crippen molar-refractivity contribution in [1.29, 1.82) is 0 Å². The van der Waals surface area contributed by atoms with Gasteiger partial charge in [0.2, 0.25) is 0 Å². The molecule has 0 heterocycles. The molecule has 10 heteroatoms. The first kappa shape index (κ1) is 25.8. The second-order valence-electron chi connectivity index (χ2n) is 9.56. The Morgan fingerprint density at radius 2 is 1.23 bits per heavy atom. The molecule has 0 fully saturated rings. The molecular formula is C16H39NO5Si4. The van der Waals surface area contributed by atoms with E-state index >= 15 is 0 Å². The van der Waals surface area contributed by atoms with Crippen LogP contribution in [0.3, 0.4) is 0 Å². The van der Waals surface area contributed by atoms with Gasteiger partial charge in [0, 0.05) is 5.70 Å². The lowest BCUT2D eigenvalue weighted by atomic mass is 10.4. The average Bonchev–Trinajstić information content (AvgIpc) is 2.26. The number of amides is 1. The van der Waals surface area contributed by atoms with Crippen molar-refractivity contribution in [2.45, 2.75) is 84.9 Å². The zero-order valence-corrected chi connectivity index (χ0v) is 22.5. The van der Waals surface area contributed by atoms with Gasteiger partial charge in [-0.1, -0.05) is 13.5 Å². The Labute approximate surface area is 164 Å². The number of rotatable bonds is 10. The van der Waals surface area contributed by atoms with E-state index < -0.39 is 45.5 Å². The molecule has 154 valence electrons. The highest BCUT2D eigenvalue weighted by Crippen LogP contribution is 2.33. The maximum Gasteiger partial charge on any atom is 0.493 e. The van der Waals surface area contributed by atoms with Crippen molar-refractivity contribution in [2.75, 3.05) is 0 Å². The Hall–Kier alpha value is -0.242. The molecule has 0 aromatic rings. The van der Waals surface area contributed by atoms with Crippen molar-refractivity contribution in [3.05, 3.63) is 12.3 Å². The third-order valence-corrected chi connectivity index (χ3v) is 15.3. The predicted molar refractivity (Wildman–Crippen MR) is 118 cm³/mol. The van der Waals surface area contributed by atoms with E-state index in [1.165, 1.54) is 4.90 Å². The van der Waals surface area contributed by atoms with E-state index in [0.717, 1.165) is 0 Å². The molecule has 1 atom stereocenters. The Morgan fingerprint density at radius 1 is 0.923 bits per heavy atom. The number of carbonyl (C=O) groups is 1. The summed E-state index contributed by atoms with van der Waals surface area (Å²) >= 11 is 0. The fraction of sp³-hybridized carbons (Fsp3) is 0.812. The van der Waals surface area contributed by atoms with Crippen LogP contribution >= 0.6 is 0 Å². The topological polar surface area (TPSA) is 68.2 Å². The second kappa shape index (κ2) is 8.84. The summed E-state index contributed by atoms with van der Waals surface area (Å²) in [4.78, 5) is 13.3. The molecule has 1 N–H and O–H groups in total. The van der Waals surface area contributed by atoms with Crippen LogP contribution in [0.25, 0.3) is 0 Å². The van der Waals surface area contributed by atoms with Crippen LogP contribution < -0.4 is 0 Å². The fourth-order valence-electron chi connectivity index (χ4n) is 2.70. The maximum absolute atomic E-state index is 12.0. The number of allylic oxidation sites excluding steroid dienone is 1. The Balaban J connectivity index is 6.59. The van der Waals surface area contributed by atoms with Crippen molar-refractivity contribution in [2.24, 2.45) is 0 Å². The minimum absolute atomic E-state index is 0.457. The van der Waals surface area contributed by atoms with Crippen LogP contribution in [0.1, 0.15) is 20.3 Å². The molecule has 1 unspecified atom stereocenters. The van der Waals surface area contributed by atoms with Gasteiger partial charge in [-0.05, 0) is 72.3 Å². The van der Waals surface area contributed by atoms with Gasteiger partial charge in [-0.2, -0.15) is 0 Å². The van der Waals surface area contributed by atoms with Crippen LogP contribution in [0, 0.1) is 0 Å². The minimum Gasteiger partial charge on any atom is -0.465 e. The Morgan fingerprint density at radius 3 is 1.38 bits per heavy atom. The third-order valence-electron chi connectivity index (χ3n) is 3.07. The van der Waals surface area contributed by atoms with E-state index in [-0.39, 0.29) is 0 Å². The molecule has 0 aromatic carbocycles.